The van der Waals surface area contributed by atoms with Crippen LogP contribution in [0.15, 0.2) is 18.2 Å². The molecule has 0 spiro atoms. The minimum absolute atomic E-state index is 0.137. The van der Waals surface area contributed by atoms with Crippen molar-refractivity contribution in [2.45, 2.75) is 19.3 Å². The monoisotopic (exact) mass is 278 g/mol. The summed E-state index contributed by atoms with van der Waals surface area (Å²) in [4.78, 5) is 2.35. The molecule has 3 nitrogen and oxygen atoms in total. The molecule has 0 unspecified atom stereocenters. The lowest BCUT2D eigenvalue weighted by atomic mass is 9.79. The molecule has 0 aromatic heterocycles. The first-order valence-corrected chi connectivity index (χ1v) is 7.45. The third kappa shape index (κ3) is 2.67. The van der Waals surface area contributed by atoms with Crippen molar-refractivity contribution in [3.05, 3.63) is 29.6 Å². The molecule has 0 atom stereocenters. The van der Waals surface area contributed by atoms with Crippen molar-refractivity contribution in [3.63, 3.8) is 0 Å². The van der Waals surface area contributed by atoms with Crippen molar-refractivity contribution in [1.29, 1.82) is 0 Å². The van der Waals surface area contributed by atoms with Crippen LogP contribution in [0.4, 0.5) is 10.1 Å². The lowest BCUT2D eigenvalue weighted by molar-refractivity contribution is 0.0591. The Bertz CT molecular complexity index is 466. The van der Waals surface area contributed by atoms with Gasteiger partial charge in [0.05, 0.1) is 6.61 Å². The molecule has 1 fully saturated rings. The highest BCUT2D eigenvalue weighted by Gasteiger charge is 2.35. The SMILES string of the molecule is COCC1(CN2CCc3ccc(F)cc32)CCNCC1. The number of hydrogen-bond acceptors (Lipinski definition) is 3. The normalized spacial score (nSPS) is 21.0. The molecule has 1 saturated heterocycles. The number of fused-ring (bicyclic) bond motifs is 1. The number of hydrogen-bond donors (Lipinski definition) is 1. The summed E-state index contributed by atoms with van der Waals surface area (Å²) in [6.45, 7) is 4.85. The van der Waals surface area contributed by atoms with Crippen LogP contribution in [-0.4, -0.2) is 39.9 Å². The number of halogens is 1. The maximum absolute atomic E-state index is 13.5. The van der Waals surface area contributed by atoms with Crippen molar-refractivity contribution in [3.8, 4) is 0 Å². The highest BCUT2D eigenvalue weighted by atomic mass is 19.1. The van der Waals surface area contributed by atoms with Crippen LogP contribution < -0.4 is 10.2 Å². The molecule has 3 rings (SSSR count). The highest BCUT2D eigenvalue weighted by Crippen LogP contribution is 2.36. The Kier molecular flexibility index (Phi) is 3.94. The molecule has 2 heterocycles. The summed E-state index contributed by atoms with van der Waals surface area (Å²) in [7, 11) is 1.78. The van der Waals surface area contributed by atoms with E-state index < -0.39 is 0 Å². The van der Waals surface area contributed by atoms with Gasteiger partial charge in [0.1, 0.15) is 5.82 Å². The van der Waals surface area contributed by atoms with Crippen LogP contribution >= 0.6 is 0 Å². The largest absolute Gasteiger partial charge is 0.384 e. The molecule has 0 aliphatic carbocycles. The zero-order valence-corrected chi connectivity index (χ0v) is 12.1. The average molecular weight is 278 g/mol. The van der Waals surface area contributed by atoms with E-state index in [9.17, 15) is 4.39 Å². The summed E-state index contributed by atoms with van der Waals surface area (Å²) < 4.78 is 19.0. The van der Waals surface area contributed by atoms with Crippen molar-refractivity contribution < 1.29 is 9.13 Å². The minimum Gasteiger partial charge on any atom is -0.384 e. The Morgan fingerprint density at radius 1 is 1.35 bits per heavy atom. The van der Waals surface area contributed by atoms with E-state index in [-0.39, 0.29) is 11.2 Å². The van der Waals surface area contributed by atoms with Gasteiger partial charge in [0.2, 0.25) is 0 Å². The number of nitrogens with zero attached hydrogens (tertiary/aromatic N) is 1. The van der Waals surface area contributed by atoms with Crippen LogP contribution in [0.5, 0.6) is 0 Å². The minimum atomic E-state index is -0.137. The van der Waals surface area contributed by atoms with E-state index in [1.807, 2.05) is 6.07 Å². The molecule has 110 valence electrons. The molecule has 4 heteroatoms. The predicted octanol–water partition coefficient (Wildman–Crippen LogP) is 2.20. The standard InChI is InChI=1S/C16H23FN2O/c1-20-12-16(5-7-18-8-6-16)11-19-9-4-13-2-3-14(17)10-15(13)19/h2-3,10,18H,4-9,11-12H2,1H3. The Morgan fingerprint density at radius 2 is 2.15 bits per heavy atom. The number of piperidine rings is 1. The number of methoxy groups -OCH3 is 1. The molecule has 1 N–H and O–H groups in total. The molecule has 0 amide bonds. The summed E-state index contributed by atoms with van der Waals surface area (Å²) in [5, 5.41) is 3.42. The maximum Gasteiger partial charge on any atom is 0.125 e. The van der Waals surface area contributed by atoms with E-state index >= 15 is 0 Å². The predicted molar refractivity (Wildman–Crippen MR) is 78.7 cm³/mol. The number of rotatable bonds is 4. The number of ether oxygens (including phenoxy) is 1. The fourth-order valence-corrected chi connectivity index (χ4v) is 3.60. The fourth-order valence-electron chi connectivity index (χ4n) is 3.60. The van der Waals surface area contributed by atoms with Gasteiger partial charge in [0, 0.05) is 31.3 Å². The second kappa shape index (κ2) is 5.70. The molecule has 1 aromatic carbocycles. The van der Waals surface area contributed by atoms with E-state index in [2.05, 4.69) is 10.2 Å². The third-order valence-electron chi connectivity index (χ3n) is 4.68. The van der Waals surface area contributed by atoms with E-state index in [1.54, 1.807) is 19.2 Å². The quantitative estimate of drug-likeness (QED) is 0.914. The van der Waals surface area contributed by atoms with E-state index in [0.717, 1.165) is 57.7 Å². The summed E-state index contributed by atoms with van der Waals surface area (Å²) in [6.07, 6.45) is 3.28. The third-order valence-corrected chi connectivity index (χ3v) is 4.68. The number of anilines is 1. The lowest BCUT2D eigenvalue weighted by Crippen LogP contribution is -2.47. The first-order valence-electron chi connectivity index (χ1n) is 7.45. The van der Waals surface area contributed by atoms with Crippen molar-refractivity contribution in [2.24, 2.45) is 5.41 Å². The van der Waals surface area contributed by atoms with Crippen molar-refractivity contribution >= 4 is 5.69 Å². The smallest absolute Gasteiger partial charge is 0.125 e. The zero-order valence-electron chi connectivity index (χ0n) is 12.1. The summed E-state index contributed by atoms with van der Waals surface area (Å²) in [6, 6.07) is 5.18. The molecule has 2 aliphatic rings. The van der Waals surface area contributed by atoms with Crippen LogP contribution in [0.1, 0.15) is 18.4 Å². The molecule has 0 bridgehead atoms. The second-order valence-electron chi connectivity index (χ2n) is 6.13. The zero-order chi connectivity index (χ0) is 14.0. The Balaban J connectivity index is 1.79. The Labute approximate surface area is 120 Å². The Morgan fingerprint density at radius 3 is 2.90 bits per heavy atom. The van der Waals surface area contributed by atoms with Gasteiger partial charge in [-0.2, -0.15) is 0 Å². The van der Waals surface area contributed by atoms with Gasteiger partial charge >= 0.3 is 0 Å². The van der Waals surface area contributed by atoms with Crippen LogP contribution in [0.25, 0.3) is 0 Å². The molecule has 2 aliphatic heterocycles. The van der Waals surface area contributed by atoms with Gasteiger partial charge in [-0.15, -0.1) is 0 Å². The molecule has 0 radical (unpaired) electrons. The summed E-state index contributed by atoms with van der Waals surface area (Å²) >= 11 is 0. The fraction of sp³-hybridized carbons (Fsp3) is 0.625. The molecule has 20 heavy (non-hydrogen) atoms. The van der Waals surface area contributed by atoms with Gasteiger partial charge < -0.3 is 15.0 Å². The Hall–Kier alpha value is -1.13. The summed E-state index contributed by atoms with van der Waals surface area (Å²) in [5.74, 6) is -0.137. The molecule has 1 aromatic rings. The van der Waals surface area contributed by atoms with Gasteiger partial charge in [-0.05, 0) is 50.0 Å². The first kappa shape index (κ1) is 13.8. The summed E-state index contributed by atoms with van der Waals surface area (Å²) in [5.41, 5.74) is 2.56. The van der Waals surface area contributed by atoms with Crippen LogP contribution in [0.2, 0.25) is 0 Å². The van der Waals surface area contributed by atoms with Crippen LogP contribution in [0, 0.1) is 11.2 Å². The average Bonchev–Trinajstić information content (AvgIpc) is 2.82. The highest BCUT2D eigenvalue weighted by molar-refractivity contribution is 5.58. The lowest BCUT2D eigenvalue weighted by Gasteiger charge is -2.40. The molecular formula is C16H23FN2O. The molecule has 0 saturated carbocycles. The van der Waals surface area contributed by atoms with Gasteiger partial charge in [0.15, 0.2) is 0 Å². The van der Waals surface area contributed by atoms with Crippen LogP contribution in [0.3, 0.4) is 0 Å². The number of benzene rings is 1. The van der Waals surface area contributed by atoms with Gasteiger partial charge in [-0.25, -0.2) is 4.39 Å². The van der Waals surface area contributed by atoms with Gasteiger partial charge in [-0.3, -0.25) is 0 Å². The van der Waals surface area contributed by atoms with E-state index in [0.29, 0.717) is 0 Å². The van der Waals surface area contributed by atoms with Crippen molar-refractivity contribution in [2.75, 3.05) is 44.8 Å². The number of nitrogens with one attached hydrogen (secondary N) is 1. The topological polar surface area (TPSA) is 24.5 Å². The van der Waals surface area contributed by atoms with E-state index in [1.165, 1.54) is 5.56 Å². The van der Waals surface area contributed by atoms with Gasteiger partial charge in [-0.1, -0.05) is 6.07 Å². The van der Waals surface area contributed by atoms with Gasteiger partial charge in [0.25, 0.3) is 0 Å². The maximum atomic E-state index is 13.5. The van der Waals surface area contributed by atoms with Crippen LogP contribution in [-0.2, 0) is 11.2 Å². The van der Waals surface area contributed by atoms with Crippen molar-refractivity contribution in [1.82, 2.24) is 5.32 Å². The second-order valence-corrected chi connectivity index (χ2v) is 6.13. The van der Waals surface area contributed by atoms with E-state index in [4.69, 9.17) is 4.74 Å². The molecular weight excluding hydrogens is 255 g/mol. The first-order chi connectivity index (χ1) is 9.72.